The predicted molar refractivity (Wildman–Crippen MR) is 61.7 cm³/mol. The molecule has 0 heterocycles. The average Bonchev–Trinajstić information content (AvgIpc) is 2.36. The number of aliphatic hydroxyl groups excluding tert-OH is 2. The van der Waals surface area contributed by atoms with Gasteiger partial charge in [-0.25, -0.2) is 0 Å². The highest BCUT2D eigenvalue weighted by Gasteiger charge is 2.30. The molecule has 0 amide bonds. The normalized spacial score (nSPS) is 23.9. The zero-order valence-corrected chi connectivity index (χ0v) is 9.52. The first-order valence-corrected chi connectivity index (χ1v) is 5.69. The van der Waals surface area contributed by atoms with Gasteiger partial charge in [-0.3, -0.25) is 0 Å². The monoisotopic (exact) mass is 222 g/mol. The molecule has 0 fully saturated rings. The van der Waals surface area contributed by atoms with Gasteiger partial charge in [0.2, 0.25) is 0 Å². The van der Waals surface area contributed by atoms with Crippen molar-refractivity contribution in [3.8, 4) is 5.75 Å². The number of aryl methyl sites for hydroxylation is 1. The maximum Gasteiger partial charge on any atom is 0.122 e. The minimum absolute atomic E-state index is 0.00454. The van der Waals surface area contributed by atoms with Gasteiger partial charge in [0, 0.05) is 18.1 Å². The predicted octanol–water partition coefficient (Wildman–Crippen LogP) is 1.33. The van der Waals surface area contributed by atoms with Crippen molar-refractivity contribution in [3.05, 3.63) is 29.3 Å². The number of hydrogen-bond donors (Lipinski definition) is 2. The van der Waals surface area contributed by atoms with Gasteiger partial charge in [-0.05, 0) is 30.4 Å². The van der Waals surface area contributed by atoms with E-state index in [-0.39, 0.29) is 25.0 Å². The highest BCUT2D eigenvalue weighted by Crippen LogP contribution is 2.40. The molecule has 2 rings (SSSR count). The van der Waals surface area contributed by atoms with E-state index in [1.807, 2.05) is 12.1 Å². The molecule has 0 aromatic heterocycles. The van der Waals surface area contributed by atoms with E-state index in [1.54, 1.807) is 7.11 Å². The zero-order valence-electron chi connectivity index (χ0n) is 9.52. The molecule has 2 atom stereocenters. The number of hydrogen-bond acceptors (Lipinski definition) is 3. The van der Waals surface area contributed by atoms with Gasteiger partial charge in [-0.1, -0.05) is 12.1 Å². The number of ether oxygens (including phenoxy) is 1. The third-order valence-electron chi connectivity index (χ3n) is 3.53. The lowest BCUT2D eigenvalue weighted by molar-refractivity contribution is 0.144. The van der Waals surface area contributed by atoms with Gasteiger partial charge in [-0.15, -0.1) is 0 Å². The Balaban J connectivity index is 2.45. The Bertz CT molecular complexity index is 348. The molecule has 0 saturated carbocycles. The van der Waals surface area contributed by atoms with Gasteiger partial charge in [0.25, 0.3) is 0 Å². The first kappa shape index (κ1) is 11.4. The summed E-state index contributed by atoms with van der Waals surface area (Å²) in [5, 5.41) is 18.8. The first-order valence-electron chi connectivity index (χ1n) is 5.69. The highest BCUT2D eigenvalue weighted by atomic mass is 16.5. The van der Waals surface area contributed by atoms with Crippen molar-refractivity contribution in [2.24, 2.45) is 5.92 Å². The molecule has 0 bridgehead atoms. The van der Waals surface area contributed by atoms with Crippen LogP contribution in [0.3, 0.4) is 0 Å². The van der Waals surface area contributed by atoms with E-state index in [2.05, 4.69) is 6.07 Å². The average molecular weight is 222 g/mol. The van der Waals surface area contributed by atoms with Crippen LogP contribution in [0.2, 0.25) is 0 Å². The molecule has 2 unspecified atom stereocenters. The largest absolute Gasteiger partial charge is 0.496 e. The molecule has 1 aliphatic carbocycles. The smallest absolute Gasteiger partial charge is 0.122 e. The molecule has 16 heavy (non-hydrogen) atoms. The molecule has 2 N–H and O–H groups in total. The van der Waals surface area contributed by atoms with Gasteiger partial charge in [0.15, 0.2) is 0 Å². The Morgan fingerprint density at radius 2 is 2.12 bits per heavy atom. The molecule has 0 saturated heterocycles. The van der Waals surface area contributed by atoms with Crippen LogP contribution in [0, 0.1) is 5.92 Å². The van der Waals surface area contributed by atoms with E-state index < -0.39 is 0 Å². The summed E-state index contributed by atoms with van der Waals surface area (Å²) in [7, 11) is 1.65. The summed E-state index contributed by atoms with van der Waals surface area (Å²) in [6.45, 7) is 0.196. The topological polar surface area (TPSA) is 49.7 Å². The van der Waals surface area contributed by atoms with Gasteiger partial charge in [0.05, 0.1) is 13.7 Å². The van der Waals surface area contributed by atoms with Crippen molar-refractivity contribution in [2.75, 3.05) is 20.3 Å². The van der Waals surface area contributed by atoms with Crippen LogP contribution in [-0.4, -0.2) is 30.5 Å². The first-order chi connectivity index (χ1) is 7.81. The second-order valence-electron chi connectivity index (χ2n) is 4.30. The Morgan fingerprint density at radius 1 is 1.31 bits per heavy atom. The summed E-state index contributed by atoms with van der Waals surface area (Å²) >= 11 is 0. The molecule has 0 spiro atoms. The third kappa shape index (κ3) is 1.81. The zero-order chi connectivity index (χ0) is 11.5. The summed E-state index contributed by atoms with van der Waals surface area (Å²) in [5.41, 5.74) is 2.32. The van der Waals surface area contributed by atoms with Gasteiger partial charge < -0.3 is 14.9 Å². The summed E-state index contributed by atoms with van der Waals surface area (Å²) in [6, 6.07) is 5.97. The number of fused-ring (bicyclic) bond motifs is 1. The molecule has 1 aromatic carbocycles. The minimum atomic E-state index is 0.00454. The van der Waals surface area contributed by atoms with Crippen LogP contribution in [0.25, 0.3) is 0 Å². The molecule has 1 aliphatic rings. The quantitative estimate of drug-likeness (QED) is 0.811. The van der Waals surface area contributed by atoms with Gasteiger partial charge in [-0.2, -0.15) is 0 Å². The summed E-state index contributed by atoms with van der Waals surface area (Å²) < 4.78 is 5.34. The molecule has 1 aromatic rings. The number of methoxy groups -OCH3 is 1. The van der Waals surface area contributed by atoms with Gasteiger partial charge in [0.1, 0.15) is 5.75 Å². The van der Waals surface area contributed by atoms with Crippen molar-refractivity contribution in [1.29, 1.82) is 0 Å². The maximum absolute atomic E-state index is 9.49. The summed E-state index contributed by atoms with van der Waals surface area (Å²) in [5.74, 6) is 0.980. The van der Waals surface area contributed by atoms with Crippen LogP contribution >= 0.6 is 0 Å². The molecule has 0 radical (unpaired) electrons. The highest BCUT2D eigenvalue weighted by molar-refractivity contribution is 5.45. The van der Waals surface area contributed by atoms with E-state index in [0.717, 1.165) is 24.2 Å². The van der Waals surface area contributed by atoms with Crippen molar-refractivity contribution >= 4 is 0 Å². The molecular formula is C13H18O3. The number of rotatable bonds is 3. The molecule has 0 aliphatic heterocycles. The van der Waals surface area contributed by atoms with E-state index in [0.29, 0.717) is 0 Å². The van der Waals surface area contributed by atoms with Crippen LogP contribution in [0.5, 0.6) is 5.75 Å². The Kier molecular flexibility index (Phi) is 3.46. The van der Waals surface area contributed by atoms with E-state index >= 15 is 0 Å². The van der Waals surface area contributed by atoms with Crippen LogP contribution < -0.4 is 4.74 Å². The fraction of sp³-hybridized carbons (Fsp3) is 0.538. The standard InChI is InChI=1S/C13H18O3/c1-16-12-4-2-3-9-5-6-10(7-14)11(8-15)13(9)12/h2-4,10-11,14-15H,5-8H2,1H3. The van der Waals surface area contributed by atoms with E-state index in [1.165, 1.54) is 5.56 Å². The minimum Gasteiger partial charge on any atom is -0.496 e. The maximum atomic E-state index is 9.49. The van der Waals surface area contributed by atoms with Crippen LogP contribution in [0.15, 0.2) is 18.2 Å². The van der Waals surface area contributed by atoms with Gasteiger partial charge >= 0.3 is 0 Å². The van der Waals surface area contributed by atoms with Crippen molar-refractivity contribution in [1.82, 2.24) is 0 Å². The van der Waals surface area contributed by atoms with Crippen LogP contribution in [-0.2, 0) is 6.42 Å². The number of benzene rings is 1. The molecule has 88 valence electrons. The molecular weight excluding hydrogens is 204 g/mol. The third-order valence-corrected chi connectivity index (χ3v) is 3.53. The lowest BCUT2D eigenvalue weighted by Gasteiger charge is -2.32. The van der Waals surface area contributed by atoms with Crippen molar-refractivity contribution < 1.29 is 14.9 Å². The van der Waals surface area contributed by atoms with E-state index in [9.17, 15) is 10.2 Å². The second-order valence-corrected chi connectivity index (χ2v) is 4.30. The van der Waals surface area contributed by atoms with Crippen molar-refractivity contribution in [3.63, 3.8) is 0 Å². The van der Waals surface area contributed by atoms with E-state index in [4.69, 9.17) is 4.74 Å². The molecule has 3 heteroatoms. The molecule has 3 nitrogen and oxygen atoms in total. The summed E-state index contributed by atoms with van der Waals surface area (Å²) in [6.07, 6.45) is 1.89. The van der Waals surface area contributed by atoms with Crippen LogP contribution in [0.4, 0.5) is 0 Å². The lowest BCUT2D eigenvalue weighted by atomic mass is 9.75. The fourth-order valence-electron chi connectivity index (χ4n) is 2.64. The second kappa shape index (κ2) is 4.85. The SMILES string of the molecule is COc1cccc2c1C(CO)C(CO)CC2. The summed E-state index contributed by atoms with van der Waals surface area (Å²) in [4.78, 5) is 0. The fourth-order valence-corrected chi connectivity index (χ4v) is 2.64. The Morgan fingerprint density at radius 3 is 2.75 bits per heavy atom. The lowest BCUT2D eigenvalue weighted by Crippen LogP contribution is -2.26. The Labute approximate surface area is 95.7 Å². The van der Waals surface area contributed by atoms with Crippen LogP contribution in [0.1, 0.15) is 23.5 Å². The Hall–Kier alpha value is -1.06. The van der Waals surface area contributed by atoms with Crippen molar-refractivity contribution in [2.45, 2.75) is 18.8 Å². The number of aliphatic hydroxyl groups is 2.